The fourth-order valence-corrected chi connectivity index (χ4v) is 2.97. The molecule has 0 bridgehead atoms. The molecule has 108 valence electrons. The predicted octanol–water partition coefficient (Wildman–Crippen LogP) is 2.58. The average molecular weight is 292 g/mol. The predicted molar refractivity (Wildman–Crippen MR) is 84.5 cm³/mol. The summed E-state index contributed by atoms with van der Waals surface area (Å²) in [6.07, 6.45) is 0. The van der Waals surface area contributed by atoms with Gasteiger partial charge in [0.25, 0.3) is 0 Å². The van der Waals surface area contributed by atoms with Gasteiger partial charge in [-0.1, -0.05) is 37.3 Å². The number of sulfonamides is 1. The van der Waals surface area contributed by atoms with Gasteiger partial charge >= 0.3 is 0 Å². The number of benzene rings is 2. The fourth-order valence-electron chi connectivity index (χ4n) is 1.97. The summed E-state index contributed by atoms with van der Waals surface area (Å²) in [6, 6.07) is 13.4. The van der Waals surface area contributed by atoms with Crippen LogP contribution in [-0.2, 0) is 10.0 Å². The SMILES string of the molecule is CCNCC(C)S(=O)(=O)Nc1ccc2ccccc2c1. The minimum atomic E-state index is -3.37. The Morgan fingerprint density at radius 3 is 2.50 bits per heavy atom. The quantitative estimate of drug-likeness (QED) is 0.860. The van der Waals surface area contributed by atoms with E-state index in [4.69, 9.17) is 0 Å². The molecule has 0 saturated carbocycles. The summed E-state index contributed by atoms with van der Waals surface area (Å²) in [7, 11) is -3.37. The molecule has 5 heteroatoms. The van der Waals surface area contributed by atoms with E-state index in [0.717, 1.165) is 17.3 Å². The topological polar surface area (TPSA) is 58.2 Å². The molecule has 2 rings (SSSR count). The van der Waals surface area contributed by atoms with Crippen LogP contribution >= 0.6 is 0 Å². The van der Waals surface area contributed by atoms with E-state index in [-0.39, 0.29) is 0 Å². The lowest BCUT2D eigenvalue weighted by atomic mass is 10.1. The molecule has 0 spiro atoms. The molecule has 0 aliphatic carbocycles. The first-order valence-electron chi connectivity index (χ1n) is 6.74. The smallest absolute Gasteiger partial charge is 0.236 e. The molecule has 0 saturated heterocycles. The van der Waals surface area contributed by atoms with E-state index in [2.05, 4.69) is 10.0 Å². The van der Waals surface area contributed by atoms with Crippen LogP contribution in [0.1, 0.15) is 13.8 Å². The van der Waals surface area contributed by atoms with Crippen molar-refractivity contribution in [3.05, 3.63) is 42.5 Å². The molecule has 1 atom stereocenters. The maximum Gasteiger partial charge on any atom is 0.236 e. The van der Waals surface area contributed by atoms with Gasteiger partial charge < -0.3 is 5.32 Å². The van der Waals surface area contributed by atoms with E-state index in [0.29, 0.717) is 12.2 Å². The summed E-state index contributed by atoms with van der Waals surface area (Å²) in [4.78, 5) is 0. The van der Waals surface area contributed by atoms with Crippen LogP contribution in [0.15, 0.2) is 42.5 Å². The summed E-state index contributed by atoms with van der Waals surface area (Å²) < 4.78 is 27.0. The van der Waals surface area contributed by atoms with Crippen LogP contribution in [0.2, 0.25) is 0 Å². The Labute approximate surface area is 120 Å². The molecule has 2 aromatic carbocycles. The van der Waals surface area contributed by atoms with Crippen molar-refractivity contribution < 1.29 is 8.42 Å². The first-order valence-corrected chi connectivity index (χ1v) is 8.28. The first-order chi connectivity index (χ1) is 9.53. The van der Waals surface area contributed by atoms with Crippen molar-refractivity contribution in [2.24, 2.45) is 0 Å². The summed E-state index contributed by atoms with van der Waals surface area (Å²) >= 11 is 0. The van der Waals surface area contributed by atoms with Crippen molar-refractivity contribution in [1.29, 1.82) is 0 Å². The van der Waals surface area contributed by atoms with E-state index in [1.165, 1.54) is 0 Å². The van der Waals surface area contributed by atoms with Gasteiger partial charge in [-0.05, 0) is 36.4 Å². The molecule has 0 aliphatic rings. The molecule has 0 radical (unpaired) electrons. The van der Waals surface area contributed by atoms with Gasteiger partial charge in [-0.25, -0.2) is 8.42 Å². The second-order valence-electron chi connectivity index (χ2n) is 4.83. The van der Waals surface area contributed by atoms with Gasteiger partial charge in [0.05, 0.1) is 5.25 Å². The zero-order valence-corrected chi connectivity index (χ0v) is 12.6. The highest BCUT2D eigenvalue weighted by molar-refractivity contribution is 7.93. The normalized spacial score (nSPS) is 13.3. The van der Waals surface area contributed by atoms with Crippen LogP contribution < -0.4 is 10.0 Å². The van der Waals surface area contributed by atoms with Gasteiger partial charge in [-0.2, -0.15) is 0 Å². The first kappa shape index (κ1) is 14.8. The zero-order valence-electron chi connectivity index (χ0n) is 11.8. The van der Waals surface area contributed by atoms with E-state index < -0.39 is 15.3 Å². The highest BCUT2D eigenvalue weighted by Crippen LogP contribution is 2.20. The maximum absolute atomic E-state index is 12.2. The largest absolute Gasteiger partial charge is 0.316 e. The summed E-state index contributed by atoms with van der Waals surface area (Å²) in [5.41, 5.74) is 0.604. The lowest BCUT2D eigenvalue weighted by Crippen LogP contribution is -2.34. The highest BCUT2D eigenvalue weighted by Gasteiger charge is 2.20. The third-order valence-electron chi connectivity index (χ3n) is 3.22. The van der Waals surface area contributed by atoms with Crippen molar-refractivity contribution in [1.82, 2.24) is 5.32 Å². The molecule has 1 unspecified atom stereocenters. The average Bonchev–Trinajstić information content (AvgIpc) is 2.44. The highest BCUT2D eigenvalue weighted by atomic mass is 32.2. The van der Waals surface area contributed by atoms with E-state index >= 15 is 0 Å². The van der Waals surface area contributed by atoms with Gasteiger partial charge in [-0.15, -0.1) is 0 Å². The summed E-state index contributed by atoms with van der Waals surface area (Å²) in [5, 5.41) is 4.69. The summed E-state index contributed by atoms with van der Waals surface area (Å²) in [6.45, 7) is 4.86. The Kier molecular flexibility index (Phi) is 4.62. The molecule has 0 amide bonds. The molecule has 20 heavy (non-hydrogen) atoms. The van der Waals surface area contributed by atoms with Crippen molar-refractivity contribution in [2.75, 3.05) is 17.8 Å². The van der Waals surface area contributed by atoms with Crippen molar-refractivity contribution >= 4 is 26.5 Å². The van der Waals surface area contributed by atoms with Crippen LogP contribution in [-0.4, -0.2) is 26.8 Å². The molecule has 0 aromatic heterocycles. The third-order valence-corrected chi connectivity index (χ3v) is 4.97. The number of hydrogen-bond donors (Lipinski definition) is 2. The molecule has 2 N–H and O–H groups in total. The Bertz CT molecular complexity index is 683. The fraction of sp³-hybridized carbons (Fsp3) is 0.333. The molecule has 2 aromatic rings. The number of nitrogens with one attached hydrogen (secondary N) is 2. The minimum Gasteiger partial charge on any atom is -0.316 e. The number of fused-ring (bicyclic) bond motifs is 1. The molecular weight excluding hydrogens is 272 g/mol. The molecule has 0 aliphatic heterocycles. The minimum absolute atomic E-state index is 0.444. The van der Waals surface area contributed by atoms with Gasteiger partial charge in [0, 0.05) is 12.2 Å². The maximum atomic E-state index is 12.2. The summed E-state index contributed by atoms with van der Waals surface area (Å²) in [5.74, 6) is 0. The van der Waals surface area contributed by atoms with Gasteiger partial charge in [0.2, 0.25) is 10.0 Å². The van der Waals surface area contributed by atoms with Crippen molar-refractivity contribution in [2.45, 2.75) is 19.1 Å². The number of anilines is 1. The Hall–Kier alpha value is -1.59. The van der Waals surface area contributed by atoms with Crippen LogP contribution in [0.3, 0.4) is 0 Å². The second kappa shape index (κ2) is 6.24. The van der Waals surface area contributed by atoms with Crippen molar-refractivity contribution in [3.63, 3.8) is 0 Å². The van der Waals surface area contributed by atoms with Gasteiger partial charge in [0.1, 0.15) is 0 Å². The second-order valence-corrected chi connectivity index (χ2v) is 6.93. The van der Waals surface area contributed by atoms with Crippen LogP contribution in [0, 0.1) is 0 Å². The third kappa shape index (κ3) is 3.49. The molecule has 0 heterocycles. The monoisotopic (exact) mass is 292 g/mol. The van der Waals surface area contributed by atoms with Crippen LogP contribution in [0.4, 0.5) is 5.69 Å². The standard InChI is InChI=1S/C15H20N2O2S/c1-3-16-11-12(2)20(18,19)17-15-9-8-13-6-4-5-7-14(13)10-15/h4-10,12,16-17H,3,11H2,1-2H3. The Balaban J connectivity index is 2.18. The van der Waals surface area contributed by atoms with Crippen LogP contribution in [0.25, 0.3) is 10.8 Å². The van der Waals surface area contributed by atoms with E-state index in [9.17, 15) is 8.42 Å². The van der Waals surface area contributed by atoms with E-state index in [1.54, 1.807) is 13.0 Å². The Morgan fingerprint density at radius 1 is 1.10 bits per heavy atom. The number of rotatable bonds is 6. The zero-order chi connectivity index (χ0) is 14.6. The molecule has 4 nitrogen and oxygen atoms in total. The Morgan fingerprint density at radius 2 is 1.80 bits per heavy atom. The van der Waals surface area contributed by atoms with Crippen molar-refractivity contribution in [3.8, 4) is 0 Å². The van der Waals surface area contributed by atoms with Gasteiger partial charge in [-0.3, -0.25) is 4.72 Å². The van der Waals surface area contributed by atoms with Gasteiger partial charge in [0.15, 0.2) is 0 Å². The lowest BCUT2D eigenvalue weighted by molar-refractivity contribution is 0.579. The van der Waals surface area contributed by atoms with E-state index in [1.807, 2.05) is 43.3 Å². The lowest BCUT2D eigenvalue weighted by Gasteiger charge is -2.15. The van der Waals surface area contributed by atoms with Crippen LogP contribution in [0.5, 0.6) is 0 Å². The number of hydrogen-bond acceptors (Lipinski definition) is 3. The molecular formula is C15H20N2O2S. The molecule has 0 fully saturated rings.